The minimum atomic E-state index is -1.55. The average Bonchev–Trinajstić information content (AvgIpc) is 2.36. The highest BCUT2D eigenvalue weighted by atomic mass is 16.6. The van der Waals surface area contributed by atoms with Crippen molar-refractivity contribution < 1.29 is 24.6 Å². The van der Waals surface area contributed by atoms with E-state index in [0.717, 1.165) is 6.42 Å². The van der Waals surface area contributed by atoms with E-state index in [-0.39, 0.29) is 0 Å². The number of carboxylic acid groups (broad SMARTS) is 2. The summed E-state index contributed by atoms with van der Waals surface area (Å²) in [6.07, 6.45) is 1.65. The molecule has 1 aromatic rings. The molecule has 0 aliphatic rings. The van der Waals surface area contributed by atoms with Gasteiger partial charge in [0, 0.05) is 0 Å². The van der Waals surface area contributed by atoms with Gasteiger partial charge in [-0.05, 0) is 24.1 Å². The lowest BCUT2D eigenvalue weighted by atomic mass is 10.2. The van der Waals surface area contributed by atoms with Crippen LogP contribution in [0.15, 0.2) is 42.5 Å². The Bertz CT molecular complexity index is 373. The van der Waals surface area contributed by atoms with Crippen LogP contribution in [0.3, 0.4) is 0 Å². The van der Waals surface area contributed by atoms with E-state index in [0.29, 0.717) is 18.8 Å². The molecule has 6 nitrogen and oxygen atoms in total. The smallest absolute Gasteiger partial charge is 0.0719 e. The minimum Gasteiger partial charge on any atom is -0.545 e. The molecule has 0 atom stereocenters. The molecule has 0 heterocycles. The standard InChI is InChI=1S/C8H11NO.C4H4O4/c9-10-7-6-8-4-2-1-3-5-8;5-3(6)1-2-4(7)8/h1-5H,6-7,9H2;1-2H,(H,5,6)(H,7,8)/p-2/b;2-1-. The minimum absolute atomic E-state index is 0.384. The summed E-state index contributed by atoms with van der Waals surface area (Å²) in [5.74, 6) is 1.78. The first-order valence-electron chi connectivity index (χ1n) is 5.02. The Morgan fingerprint density at radius 1 is 1.11 bits per heavy atom. The van der Waals surface area contributed by atoms with E-state index in [9.17, 15) is 19.8 Å². The van der Waals surface area contributed by atoms with E-state index in [1.165, 1.54) is 5.56 Å². The van der Waals surface area contributed by atoms with Crippen molar-refractivity contribution in [3.8, 4) is 0 Å². The number of rotatable bonds is 5. The fourth-order valence-corrected chi connectivity index (χ4v) is 0.958. The number of aliphatic carboxylic acids is 2. The first kappa shape index (κ1) is 15.8. The van der Waals surface area contributed by atoms with Crippen LogP contribution in [-0.2, 0) is 20.8 Å². The van der Waals surface area contributed by atoms with Crippen molar-refractivity contribution >= 4 is 11.9 Å². The van der Waals surface area contributed by atoms with E-state index >= 15 is 0 Å². The van der Waals surface area contributed by atoms with E-state index in [1.54, 1.807) is 0 Å². The van der Waals surface area contributed by atoms with Crippen LogP contribution in [0.2, 0.25) is 0 Å². The van der Waals surface area contributed by atoms with Gasteiger partial charge in [0.2, 0.25) is 0 Å². The molecular formula is C12H13NO5-2. The summed E-state index contributed by atoms with van der Waals surface area (Å²) in [4.78, 5) is 23.3. The third-order valence-corrected chi connectivity index (χ3v) is 1.71. The maximum Gasteiger partial charge on any atom is 0.0719 e. The predicted molar refractivity (Wildman–Crippen MR) is 59.4 cm³/mol. The van der Waals surface area contributed by atoms with Crippen LogP contribution < -0.4 is 16.1 Å². The summed E-state index contributed by atoms with van der Waals surface area (Å²) < 4.78 is 0. The van der Waals surface area contributed by atoms with Crippen molar-refractivity contribution in [2.75, 3.05) is 6.61 Å². The van der Waals surface area contributed by atoms with Gasteiger partial charge in [-0.25, -0.2) is 5.90 Å². The molecule has 1 aromatic carbocycles. The molecule has 0 amide bonds. The number of nitrogens with two attached hydrogens (primary N) is 1. The normalized spacial score (nSPS) is 9.61. The third-order valence-electron chi connectivity index (χ3n) is 1.71. The van der Waals surface area contributed by atoms with Gasteiger partial charge in [0.25, 0.3) is 0 Å². The lowest BCUT2D eigenvalue weighted by Crippen LogP contribution is -2.23. The number of benzene rings is 1. The van der Waals surface area contributed by atoms with Gasteiger partial charge in [-0.15, -0.1) is 0 Å². The Morgan fingerprint density at radius 2 is 1.61 bits per heavy atom. The molecule has 0 fully saturated rings. The van der Waals surface area contributed by atoms with Crippen LogP contribution >= 0.6 is 0 Å². The van der Waals surface area contributed by atoms with Crippen LogP contribution in [0.4, 0.5) is 0 Å². The second-order valence-corrected chi connectivity index (χ2v) is 3.08. The van der Waals surface area contributed by atoms with Crippen LogP contribution in [-0.4, -0.2) is 18.5 Å². The lowest BCUT2D eigenvalue weighted by Gasteiger charge is -1.96. The van der Waals surface area contributed by atoms with E-state index in [1.807, 2.05) is 18.2 Å². The molecule has 1 rings (SSSR count). The first-order chi connectivity index (χ1) is 8.56. The zero-order chi connectivity index (χ0) is 13.8. The Morgan fingerprint density at radius 3 is 2.00 bits per heavy atom. The van der Waals surface area contributed by atoms with Gasteiger partial charge in [-0.1, -0.05) is 30.3 Å². The largest absolute Gasteiger partial charge is 0.545 e. The van der Waals surface area contributed by atoms with E-state index in [4.69, 9.17) is 5.90 Å². The van der Waals surface area contributed by atoms with Crippen molar-refractivity contribution in [3.63, 3.8) is 0 Å². The van der Waals surface area contributed by atoms with Gasteiger partial charge in [0.1, 0.15) is 0 Å². The molecule has 0 saturated carbocycles. The Kier molecular flexibility index (Phi) is 8.79. The first-order valence-corrected chi connectivity index (χ1v) is 5.02. The molecule has 18 heavy (non-hydrogen) atoms. The van der Waals surface area contributed by atoms with Crippen molar-refractivity contribution in [3.05, 3.63) is 48.0 Å². The summed E-state index contributed by atoms with van der Waals surface area (Å²) in [5, 5.41) is 18.8. The molecule has 0 radical (unpaired) electrons. The molecule has 0 aliphatic heterocycles. The molecule has 0 aliphatic carbocycles. The summed E-state index contributed by atoms with van der Waals surface area (Å²) >= 11 is 0. The van der Waals surface area contributed by atoms with Gasteiger partial charge in [-0.3, -0.25) is 0 Å². The van der Waals surface area contributed by atoms with E-state index < -0.39 is 11.9 Å². The van der Waals surface area contributed by atoms with Crippen LogP contribution in [0, 0.1) is 0 Å². The fourth-order valence-electron chi connectivity index (χ4n) is 0.958. The second kappa shape index (κ2) is 10.0. The zero-order valence-electron chi connectivity index (χ0n) is 9.57. The molecule has 0 spiro atoms. The lowest BCUT2D eigenvalue weighted by molar-refractivity contribution is -0.301. The number of carboxylic acids is 2. The maximum atomic E-state index is 9.41. The number of carbonyl (C=O) groups excluding carboxylic acids is 2. The fraction of sp³-hybridized carbons (Fsp3) is 0.167. The highest BCUT2D eigenvalue weighted by Gasteiger charge is 1.88. The summed E-state index contributed by atoms with van der Waals surface area (Å²) in [6, 6.07) is 10.1. The summed E-state index contributed by atoms with van der Waals surface area (Å²) in [7, 11) is 0. The number of carbonyl (C=O) groups is 2. The molecular weight excluding hydrogens is 238 g/mol. The summed E-state index contributed by atoms with van der Waals surface area (Å²) in [6.45, 7) is 0.587. The Labute approximate surface area is 104 Å². The van der Waals surface area contributed by atoms with Crippen LogP contribution in [0.5, 0.6) is 0 Å². The monoisotopic (exact) mass is 251 g/mol. The van der Waals surface area contributed by atoms with Crippen molar-refractivity contribution in [1.29, 1.82) is 0 Å². The molecule has 2 N–H and O–H groups in total. The quantitative estimate of drug-likeness (QED) is 0.485. The van der Waals surface area contributed by atoms with Crippen molar-refractivity contribution in [2.45, 2.75) is 6.42 Å². The maximum absolute atomic E-state index is 9.41. The van der Waals surface area contributed by atoms with Crippen molar-refractivity contribution in [1.82, 2.24) is 0 Å². The van der Waals surface area contributed by atoms with Crippen molar-refractivity contribution in [2.24, 2.45) is 5.90 Å². The Balaban J connectivity index is 0.000000331. The van der Waals surface area contributed by atoms with Crippen LogP contribution in [0.25, 0.3) is 0 Å². The highest BCUT2D eigenvalue weighted by molar-refractivity contribution is 5.87. The predicted octanol–water partition coefficient (Wildman–Crippen LogP) is -1.84. The number of hydrogen-bond acceptors (Lipinski definition) is 6. The van der Waals surface area contributed by atoms with Crippen LogP contribution in [0.1, 0.15) is 5.56 Å². The second-order valence-electron chi connectivity index (χ2n) is 3.08. The van der Waals surface area contributed by atoms with E-state index in [2.05, 4.69) is 17.0 Å². The molecule has 0 aromatic heterocycles. The molecule has 0 saturated heterocycles. The SMILES string of the molecule is NOCCc1ccccc1.O=C([O-])/C=C\C(=O)[O-]. The van der Waals surface area contributed by atoms with Gasteiger partial charge >= 0.3 is 0 Å². The molecule has 0 bridgehead atoms. The third kappa shape index (κ3) is 10.3. The highest BCUT2D eigenvalue weighted by Crippen LogP contribution is 1.98. The van der Waals surface area contributed by atoms with Gasteiger partial charge in [0.15, 0.2) is 0 Å². The number of hydrogen-bond donors (Lipinski definition) is 1. The summed E-state index contributed by atoms with van der Waals surface area (Å²) in [5.41, 5.74) is 1.26. The molecule has 6 heteroatoms. The average molecular weight is 251 g/mol. The van der Waals surface area contributed by atoms with Gasteiger partial charge in [-0.2, -0.15) is 0 Å². The zero-order valence-corrected chi connectivity index (χ0v) is 9.57. The Hall–Kier alpha value is -2.18. The van der Waals surface area contributed by atoms with Gasteiger partial charge < -0.3 is 24.6 Å². The van der Waals surface area contributed by atoms with Gasteiger partial charge in [0.05, 0.1) is 18.5 Å². The topological polar surface area (TPSA) is 116 Å². The molecule has 0 unspecified atom stereocenters. The molecule has 98 valence electrons.